The summed E-state index contributed by atoms with van der Waals surface area (Å²) in [7, 11) is -2.89. The van der Waals surface area contributed by atoms with Crippen LogP contribution in [0.1, 0.15) is 12.8 Å². The summed E-state index contributed by atoms with van der Waals surface area (Å²) < 4.78 is 44.6. The molecule has 0 spiro atoms. The van der Waals surface area contributed by atoms with E-state index in [0.717, 1.165) is 18.7 Å². The molecule has 0 bridgehead atoms. The zero-order valence-corrected chi connectivity index (χ0v) is 12.0. The maximum absolute atomic E-state index is 15.1. The van der Waals surface area contributed by atoms with Crippen molar-refractivity contribution in [3.63, 3.8) is 0 Å². The second kappa shape index (κ2) is 6.91. The van der Waals surface area contributed by atoms with Crippen molar-refractivity contribution >= 4 is 9.84 Å². The fourth-order valence-corrected chi connectivity index (χ4v) is 3.19. The van der Waals surface area contributed by atoms with E-state index < -0.39 is 26.8 Å². The standard InChI is InChI=1S/C11H18FN3O4S/c1-3-7-20(17,18)11(12,15-9-13-8-14-15)10(16)5-4-6-19-2/h3,8-10,16H,1,4-7H2,2H3. The van der Waals surface area contributed by atoms with Gasteiger partial charge < -0.3 is 9.84 Å². The quantitative estimate of drug-likeness (QED) is 0.519. The van der Waals surface area contributed by atoms with E-state index in [2.05, 4.69) is 16.7 Å². The summed E-state index contributed by atoms with van der Waals surface area (Å²) in [6.45, 7) is 3.57. The third-order valence-electron chi connectivity index (χ3n) is 2.74. The number of aliphatic hydroxyl groups is 1. The van der Waals surface area contributed by atoms with Gasteiger partial charge in [0.05, 0.1) is 5.75 Å². The molecule has 9 heteroatoms. The molecule has 0 radical (unpaired) electrons. The molecule has 1 heterocycles. The lowest BCUT2D eigenvalue weighted by atomic mass is 10.2. The lowest BCUT2D eigenvalue weighted by Gasteiger charge is -2.29. The molecule has 114 valence electrons. The summed E-state index contributed by atoms with van der Waals surface area (Å²) in [4.78, 5) is 3.53. The molecule has 2 atom stereocenters. The molecule has 0 amide bonds. The number of aromatic nitrogens is 3. The lowest BCUT2D eigenvalue weighted by molar-refractivity contribution is -0.0194. The smallest absolute Gasteiger partial charge is 0.329 e. The average molecular weight is 307 g/mol. The minimum atomic E-state index is -4.35. The van der Waals surface area contributed by atoms with Crippen LogP contribution in [0.25, 0.3) is 0 Å². The number of methoxy groups -OCH3 is 1. The second-order valence-electron chi connectivity index (χ2n) is 4.17. The number of hydrogen-bond acceptors (Lipinski definition) is 6. The van der Waals surface area contributed by atoms with Crippen molar-refractivity contribution in [2.75, 3.05) is 19.5 Å². The van der Waals surface area contributed by atoms with E-state index >= 15 is 4.39 Å². The topological polar surface area (TPSA) is 94.3 Å². The van der Waals surface area contributed by atoms with Gasteiger partial charge in [-0.1, -0.05) is 6.08 Å². The maximum atomic E-state index is 15.1. The van der Waals surface area contributed by atoms with Gasteiger partial charge in [-0.05, 0) is 12.8 Å². The molecule has 1 rings (SSSR count). The van der Waals surface area contributed by atoms with Crippen molar-refractivity contribution in [3.05, 3.63) is 25.3 Å². The highest BCUT2D eigenvalue weighted by atomic mass is 32.2. The molecule has 1 aromatic heterocycles. The van der Waals surface area contributed by atoms with Crippen LogP contribution < -0.4 is 0 Å². The number of alkyl halides is 1. The van der Waals surface area contributed by atoms with Crippen LogP contribution in [-0.4, -0.2) is 53.9 Å². The molecular formula is C11H18FN3O4S. The number of sulfone groups is 1. The van der Waals surface area contributed by atoms with Crippen LogP contribution in [0.2, 0.25) is 0 Å². The first-order chi connectivity index (χ1) is 9.40. The Bertz CT molecular complexity index is 520. The van der Waals surface area contributed by atoms with Gasteiger partial charge in [-0.15, -0.1) is 6.58 Å². The van der Waals surface area contributed by atoms with E-state index in [-0.39, 0.29) is 13.0 Å². The number of rotatable bonds is 9. The van der Waals surface area contributed by atoms with Crippen LogP contribution in [0.4, 0.5) is 4.39 Å². The van der Waals surface area contributed by atoms with Gasteiger partial charge in [-0.3, -0.25) is 0 Å². The zero-order chi connectivity index (χ0) is 15.2. The highest BCUT2D eigenvalue weighted by Crippen LogP contribution is 2.32. The van der Waals surface area contributed by atoms with Gasteiger partial charge >= 0.3 is 5.12 Å². The van der Waals surface area contributed by atoms with Crippen LogP contribution >= 0.6 is 0 Å². The molecule has 1 N–H and O–H groups in total. The summed E-state index contributed by atoms with van der Waals surface area (Å²) in [5.74, 6) is -0.620. The van der Waals surface area contributed by atoms with Gasteiger partial charge in [0.25, 0.3) is 0 Å². The largest absolute Gasteiger partial charge is 0.387 e. The van der Waals surface area contributed by atoms with Crippen molar-refractivity contribution < 1.29 is 22.7 Å². The van der Waals surface area contributed by atoms with Crippen molar-refractivity contribution in [1.29, 1.82) is 0 Å². The van der Waals surface area contributed by atoms with E-state index in [9.17, 15) is 13.5 Å². The molecule has 2 unspecified atom stereocenters. The van der Waals surface area contributed by atoms with E-state index in [4.69, 9.17) is 4.74 Å². The fourth-order valence-electron chi connectivity index (χ4n) is 1.74. The van der Waals surface area contributed by atoms with E-state index in [1.165, 1.54) is 7.11 Å². The van der Waals surface area contributed by atoms with Gasteiger partial charge in [0.15, 0.2) is 0 Å². The summed E-state index contributed by atoms with van der Waals surface area (Å²) in [6.07, 6.45) is 1.40. The first kappa shape index (κ1) is 16.7. The molecule has 0 aliphatic rings. The Morgan fingerprint density at radius 3 is 2.85 bits per heavy atom. The Hall–Kier alpha value is -1.32. The van der Waals surface area contributed by atoms with Gasteiger partial charge in [0.1, 0.15) is 18.8 Å². The second-order valence-corrected chi connectivity index (χ2v) is 6.31. The van der Waals surface area contributed by atoms with E-state index in [0.29, 0.717) is 11.1 Å². The molecular weight excluding hydrogens is 289 g/mol. The molecule has 0 aliphatic heterocycles. The van der Waals surface area contributed by atoms with Crippen molar-refractivity contribution in [3.8, 4) is 0 Å². The molecule has 0 aliphatic carbocycles. The van der Waals surface area contributed by atoms with Gasteiger partial charge in [0.2, 0.25) is 9.84 Å². The first-order valence-corrected chi connectivity index (χ1v) is 7.59. The van der Waals surface area contributed by atoms with Crippen molar-refractivity contribution in [2.45, 2.75) is 24.1 Å². The molecule has 7 nitrogen and oxygen atoms in total. The third-order valence-corrected chi connectivity index (χ3v) is 4.75. The Labute approximate surface area is 117 Å². The fraction of sp³-hybridized carbons (Fsp3) is 0.636. The SMILES string of the molecule is C=CCS(=O)(=O)C(F)(C(O)CCCOC)n1cncn1. The average Bonchev–Trinajstić information content (AvgIpc) is 2.91. The predicted molar refractivity (Wildman–Crippen MR) is 70.2 cm³/mol. The number of aliphatic hydroxyl groups excluding tert-OH is 1. The maximum Gasteiger partial charge on any atom is 0.329 e. The Morgan fingerprint density at radius 2 is 2.35 bits per heavy atom. The molecule has 0 fully saturated rings. The number of nitrogens with zero attached hydrogens (tertiary/aromatic N) is 3. The van der Waals surface area contributed by atoms with Crippen LogP contribution in [0.5, 0.6) is 0 Å². The van der Waals surface area contributed by atoms with Crippen LogP contribution in [-0.2, 0) is 19.7 Å². The van der Waals surface area contributed by atoms with Crippen molar-refractivity contribution in [1.82, 2.24) is 14.8 Å². The highest BCUT2D eigenvalue weighted by Gasteiger charge is 2.52. The van der Waals surface area contributed by atoms with Gasteiger partial charge in [0, 0.05) is 13.7 Å². The summed E-state index contributed by atoms with van der Waals surface area (Å²) >= 11 is 0. The Morgan fingerprint density at radius 1 is 1.65 bits per heavy atom. The molecule has 0 saturated heterocycles. The summed E-state index contributed by atoms with van der Waals surface area (Å²) in [5, 5.41) is 10.4. The number of hydrogen-bond donors (Lipinski definition) is 1. The van der Waals surface area contributed by atoms with Crippen LogP contribution in [0.3, 0.4) is 0 Å². The molecule has 0 saturated carbocycles. The van der Waals surface area contributed by atoms with Crippen LogP contribution in [0, 0.1) is 0 Å². The minimum Gasteiger partial charge on any atom is -0.387 e. The first-order valence-electron chi connectivity index (χ1n) is 5.94. The van der Waals surface area contributed by atoms with E-state index in [1.54, 1.807) is 0 Å². The normalized spacial score (nSPS) is 16.6. The highest BCUT2D eigenvalue weighted by molar-refractivity contribution is 7.92. The summed E-state index contributed by atoms with van der Waals surface area (Å²) in [5.41, 5.74) is 0. The number of halogens is 1. The molecule has 0 aromatic carbocycles. The minimum absolute atomic E-state index is 0.0967. The Kier molecular flexibility index (Phi) is 5.78. The van der Waals surface area contributed by atoms with Gasteiger partial charge in [-0.2, -0.15) is 9.49 Å². The van der Waals surface area contributed by atoms with Crippen molar-refractivity contribution in [2.24, 2.45) is 0 Å². The molecule has 20 heavy (non-hydrogen) atoms. The van der Waals surface area contributed by atoms with Gasteiger partial charge in [-0.25, -0.2) is 18.1 Å². The lowest BCUT2D eigenvalue weighted by Crippen LogP contribution is -2.49. The number of ether oxygens (including phenoxy) is 1. The summed E-state index contributed by atoms with van der Waals surface area (Å²) in [6, 6.07) is 0. The zero-order valence-electron chi connectivity index (χ0n) is 11.1. The van der Waals surface area contributed by atoms with E-state index in [1.807, 2.05) is 0 Å². The third kappa shape index (κ3) is 3.22. The molecule has 1 aromatic rings. The van der Waals surface area contributed by atoms with Crippen LogP contribution in [0.15, 0.2) is 25.3 Å². The Balaban J connectivity index is 3.11. The monoisotopic (exact) mass is 307 g/mol. The predicted octanol–water partition coefficient (Wildman–Crippen LogP) is 0.246.